The van der Waals surface area contributed by atoms with Crippen LogP contribution in [0.25, 0.3) is 21.5 Å². The summed E-state index contributed by atoms with van der Waals surface area (Å²) in [5.41, 5.74) is 2.09. The topological polar surface area (TPSA) is 63.6 Å². The molecule has 4 nitrogen and oxygen atoms in total. The molecule has 0 fully saturated rings. The largest absolute Gasteiger partial charge is 0.497 e. The average Bonchev–Trinajstić information content (AvgIpc) is 2.71. The van der Waals surface area contributed by atoms with Crippen molar-refractivity contribution >= 4 is 33.3 Å². The summed E-state index contributed by atoms with van der Waals surface area (Å²) in [5.74, 6) is -0.296. The van der Waals surface area contributed by atoms with Gasteiger partial charge in [0.1, 0.15) is 5.75 Å². The number of hydrogen-bond acceptors (Lipinski definition) is 3. The van der Waals surface area contributed by atoms with Crippen LogP contribution in [0.4, 0.5) is 0 Å². The van der Waals surface area contributed by atoms with E-state index in [0.29, 0.717) is 22.1 Å². The quantitative estimate of drug-likeness (QED) is 0.499. The molecule has 0 amide bonds. The van der Waals surface area contributed by atoms with Crippen molar-refractivity contribution in [1.82, 2.24) is 0 Å². The highest BCUT2D eigenvalue weighted by Gasteiger charge is 2.15. The molecule has 0 aliphatic rings. The zero-order chi connectivity index (χ0) is 19.8. The molecule has 4 aromatic carbocycles. The van der Waals surface area contributed by atoms with Crippen LogP contribution >= 0.6 is 0 Å². The van der Waals surface area contributed by atoms with Crippen LogP contribution in [0.3, 0.4) is 0 Å². The zero-order valence-electron chi connectivity index (χ0n) is 15.5. The minimum Gasteiger partial charge on any atom is -0.497 e. The van der Waals surface area contributed by atoms with Crippen LogP contribution in [0.15, 0.2) is 66.7 Å². The molecule has 0 saturated carbocycles. The lowest BCUT2D eigenvalue weighted by molar-refractivity contribution is 0.0698. The predicted molar refractivity (Wildman–Crippen MR) is 110 cm³/mol. The van der Waals surface area contributed by atoms with Crippen molar-refractivity contribution in [3.63, 3.8) is 0 Å². The maximum Gasteiger partial charge on any atom is 0.336 e. The third-order valence-corrected chi connectivity index (χ3v) is 5.01. The second-order valence-electron chi connectivity index (χ2n) is 6.76. The molecule has 0 unspecified atom stereocenters. The summed E-state index contributed by atoms with van der Waals surface area (Å²) < 4.78 is 5.24. The van der Waals surface area contributed by atoms with Gasteiger partial charge in [-0.1, -0.05) is 42.5 Å². The van der Waals surface area contributed by atoms with Crippen LogP contribution in [-0.4, -0.2) is 24.0 Å². The van der Waals surface area contributed by atoms with Gasteiger partial charge in [-0.25, -0.2) is 4.79 Å². The molecule has 4 aromatic rings. The fraction of sp³-hybridized carbons (Fsp3) is 0.0833. The summed E-state index contributed by atoms with van der Waals surface area (Å²) >= 11 is 0. The monoisotopic (exact) mass is 370 g/mol. The van der Waals surface area contributed by atoms with Gasteiger partial charge in [-0.15, -0.1) is 0 Å². The van der Waals surface area contributed by atoms with Crippen LogP contribution in [0.5, 0.6) is 5.75 Å². The number of ether oxygens (including phenoxy) is 1. The Kier molecular flexibility index (Phi) is 4.32. The highest BCUT2D eigenvalue weighted by atomic mass is 16.5. The van der Waals surface area contributed by atoms with E-state index in [9.17, 15) is 14.7 Å². The molecule has 0 radical (unpaired) electrons. The number of methoxy groups -OCH3 is 1. The van der Waals surface area contributed by atoms with Crippen LogP contribution in [0.1, 0.15) is 31.8 Å². The molecule has 0 atom stereocenters. The van der Waals surface area contributed by atoms with Crippen molar-refractivity contribution in [2.45, 2.75) is 6.92 Å². The Balaban J connectivity index is 1.77. The predicted octanol–water partition coefficient (Wildman–Crippen LogP) is 5.24. The van der Waals surface area contributed by atoms with Crippen molar-refractivity contribution in [1.29, 1.82) is 0 Å². The molecule has 138 valence electrons. The van der Waals surface area contributed by atoms with Gasteiger partial charge in [0.05, 0.1) is 12.7 Å². The average molecular weight is 370 g/mol. The van der Waals surface area contributed by atoms with Gasteiger partial charge in [0.15, 0.2) is 5.78 Å². The van der Waals surface area contributed by atoms with Crippen molar-refractivity contribution in [2.75, 3.05) is 7.11 Å². The first kappa shape index (κ1) is 17.7. The van der Waals surface area contributed by atoms with Crippen LogP contribution in [0, 0.1) is 6.92 Å². The third-order valence-electron chi connectivity index (χ3n) is 5.01. The van der Waals surface area contributed by atoms with Gasteiger partial charge < -0.3 is 9.84 Å². The van der Waals surface area contributed by atoms with Crippen LogP contribution in [-0.2, 0) is 0 Å². The minimum absolute atomic E-state index is 0.0999. The number of aromatic carboxylic acids is 1. The highest BCUT2D eigenvalue weighted by Crippen LogP contribution is 2.26. The number of ketones is 1. The lowest BCUT2D eigenvalue weighted by atomic mass is 9.95. The lowest BCUT2D eigenvalue weighted by Gasteiger charge is -2.09. The van der Waals surface area contributed by atoms with E-state index >= 15 is 0 Å². The Hall–Kier alpha value is -3.66. The smallest absolute Gasteiger partial charge is 0.336 e. The zero-order valence-corrected chi connectivity index (χ0v) is 15.5. The molecule has 0 aliphatic heterocycles. The summed E-state index contributed by atoms with van der Waals surface area (Å²) in [6.45, 7) is 1.77. The number of carboxylic acids is 1. The second-order valence-corrected chi connectivity index (χ2v) is 6.76. The molecule has 28 heavy (non-hydrogen) atoms. The lowest BCUT2D eigenvalue weighted by Crippen LogP contribution is -2.04. The third kappa shape index (κ3) is 2.99. The fourth-order valence-electron chi connectivity index (χ4n) is 3.52. The summed E-state index contributed by atoms with van der Waals surface area (Å²) in [5, 5.41) is 12.8. The molecular weight excluding hydrogens is 352 g/mol. The van der Waals surface area contributed by atoms with Crippen molar-refractivity contribution in [3.8, 4) is 5.75 Å². The van der Waals surface area contributed by atoms with Crippen LogP contribution in [0.2, 0.25) is 0 Å². The van der Waals surface area contributed by atoms with E-state index in [1.165, 1.54) is 0 Å². The van der Waals surface area contributed by atoms with Gasteiger partial charge in [-0.05, 0) is 58.3 Å². The fourth-order valence-corrected chi connectivity index (χ4v) is 3.52. The summed E-state index contributed by atoms with van der Waals surface area (Å²) in [6, 6.07) is 20.0. The van der Waals surface area contributed by atoms with E-state index in [4.69, 9.17) is 4.74 Å². The van der Waals surface area contributed by atoms with Gasteiger partial charge in [-0.2, -0.15) is 0 Å². The van der Waals surface area contributed by atoms with Gasteiger partial charge >= 0.3 is 5.97 Å². The van der Waals surface area contributed by atoms with E-state index < -0.39 is 5.97 Å². The maximum atomic E-state index is 13.0. The number of rotatable bonds is 4. The minimum atomic E-state index is -0.966. The first-order valence-electron chi connectivity index (χ1n) is 8.87. The Labute approximate surface area is 162 Å². The van der Waals surface area contributed by atoms with Crippen molar-refractivity contribution < 1.29 is 19.4 Å². The summed E-state index contributed by atoms with van der Waals surface area (Å²) in [4.78, 5) is 24.6. The SMILES string of the molecule is COc1ccc2cc(C(=O)c3ccc4c(C(=O)O)c(C)ccc4c3)ccc2c1. The van der Waals surface area contributed by atoms with Gasteiger partial charge in [0.25, 0.3) is 0 Å². The molecule has 4 heteroatoms. The molecule has 1 N–H and O–H groups in total. The molecule has 0 saturated heterocycles. The molecule has 0 bridgehead atoms. The molecule has 0 aliphatic carbocycles. The van der Waals surface area contributed by atoms with Crippen molar-refractivity contribution in [2.24, 2.45) is 0 Å². The van der Waals surface area contributed by atoms with E-state index in [1.54, 1.807) is 44.4 Å². The van der Waals surface area contributed by atoms with E-state index in [0.717, 1.165) is 21.9 Å². The van der Waals surface area contributed by atoms with E-state index in [-0.39, 0.29) is 11.3 Å². The number of carboxylic acid groups (broad SMARTS) is 1. The van der Waals surface area contributed by atoms with Crippen LogP contribution < -0.4 is 4.74 Å². The Morgan fingerprint density at radius 3 is 2.11 bits per heavy atom. The first-order chi connectivity index (χ1) is 13.5. The Morgan fingerprint density at radius 2 is 1.39 bits per heavy atom. The standard InChI is InChI=1S/C24H18O4/c1-14-3-4-17-12-19(8-10-21(17)22(14)24(26)27)23(25)18-6-5-16-13-20(28-2)9-7-15(16)11-18/h3-13H,1-2H3,(H,26,27). The molecule has 0 aromatic heterocycles. The molecule has 0 spiro atoms. The van der Waals surface area contributed by atoms with E-state index in [1.807, 2.05) is 36.4 Å². The number of carbonyl (C=O) groups excluding carboxylic acids is 1. The van der Waals surface area contributed by atoms with Gasteiger partial charge in [0, 0.05) is 11.1 Å². The molecular formula is C24H18O4. The summed E-state index contributed by atoms with van der Waals surface area (Å²) in [7, 11) is 1.62. The first-order valence-corrected chi connectivity index (χ1v) is 8.87. The highest BCUT2D eigenvalue weighted by molar-refractivity contribution is 6.13. The number of fused-ring (bicyclic) bond motifs is 2. The van der Waals surface area contributed by atoms with Gasteiger partial charge in [-0.3, -0.25) is 4.79 Å². The molecule has 4 rings (SSSR count). The maximum absolute atomic E-state index is 13.0. The van der Waals surface area contributed by atoms with Gasteiger partial charge in [0.2, 0.25) is 0 Å². The number of benzene rings is 4. The number of carbonyl (C=O) groups is 2. The number of aryl methyl sites for hydroxylation is 1. The van der Waals surface area contributed by atoms with Crippen molar-refractivity contribution in [3.05, 3.63) is 89.0 Å². The normalized spacial score (nSPS) is 10.9. The Morgan fingerprint density at radius 1 is 0.786 bits per heavy atom. The Bertz CT molecular complexity index is 1250. The molecule has 0 heterocycles. The second kappa shape index (κ2) is 6.82. The van der Waals surface area contributed by atoms with E-state index in [2.05, 4.69) is 0 Å². The number of hydrogen-bond donors (Lipinski definition) is 1. The summed E-state index contributed by atoms with van der Waals surface area (Å²) in [6.07, 6.45) is 0.